The van der Waals surface area contributed by atoms with Gasteiger partial charge in [-0.05, 0) is 48.6 Å². The molecular weight excluding hydrogens is 378 g/mol. The van der Waals surface area contributed by atoms with Gasteiger partial charge in [0.15, 0.2) is 0 Å². The number of carbonyl (C=O) groups is 3. The molecule has 5 rings (SSSR count). The molecule has 1 saturated heterocycles. The number of halogens is 1. The summed E-state index contributed by atoms with van der Waals surface area (Å²) in [7, 11) is 0. The number of esters is 1. The lowest BCUT2D eigenvalue weighted by molar-refractivity contribution is -0.123. The zero-order valence-electron chi connectivity index (χ0n) is 14.7. The van der Waals surface area contributed by atoms with E-state index in [1.165, 1.54) is 11.0 Å². The molecule has 1 heterocycles. The van der Waals surface area contributed by atoms with Crippen LogP contribution in [0.15, 0.2) is 60.7 Å². The lowest BCUT2D eigenvalue weighted by atomic mass is 9.85. The van der Waals surface area contributed by atoms with Crippen LogP contribution in [0, 0.1) is 23.7 Å². The quantitative estimate of drug-likeness (QED) is 0.343. The first-order valence-electron chi connectivity index (χ1n) is 9.17. The minimum atomic E-state index is -0.601. The van der Waals surface area contributed by atoms with Crippen molar-refractivity contribution >= 4 is 35.1 Å². The molecule has 28 heavy (non-hydrogen) atoms. The molecule has 2 aromatic rings. The number of fused-ring (bicyclic) bond motifs is 5. The monoisotopic (exact) mass is 393 g/mol. The van der Waals surface area contributed by atoms with Crippen LogP contribution in [0.4, 0.5) is 5.69 Å². The Labute approximate surface area is 166 Å². The Morgan fingerprint density at radius 3 is 2.32 bits per heavy atom. The Hall–Kier alpha value is -2.92. The maximum absolute atomic E-state index is 12.9. The van der Waals surface area contributed by atoms with Crippen molar-refractivity contribution in [2.75, 3.05) is 4.90 Å². The minimum Gasteiger partial charge on any atom is -0.421 e. The van der Waals surface area contributed by atoms with Gasteiger partial charge < -0.3 is 4.74 Å². The van der Waals surface area contributed by atoms with Crippen LogP contribution >= 0.6 is 11.6 Å². The fourth-order valence-corrected chi connectivity index (χ4v) is 4.79. The van der Waals surface area contributed by atoms with E-state index in [4.69, 9.17) is 16.3 Å². The second-order valence-electron chi connectivity index (χ2n) is 7.38. The van der Waals surface area contributed by atoms with Gasteiger partial charge in [0.2, 0.25) is 11.8 Å². The maximum Gasteiger partial charge on any atom is 0.343 e. The summed E-state index contributed by atoms with van der Waals surface area (Å²) < 4.78 is 5.35. The summed E-state index contributed by atoms with van der Waals surface area (Å²) in [6.07, 6.45) is 4.99. The van der Waals surface area contributed by atoms with E-state index in [0.29, 0.717) is 10.7 Å². The first-order chi connectivity index (χ1) is 13.5. The standard InChI is InChI=1S/C22H16ClNO4/c23-16-6-1-2-7-17(16)28-22(27)14-4-3-5-15(11-14)24-20(25)18-12-8-9-13(10-12)19(18)21(24)26/h1-9,11-13,18-19H,10H2. The molecule has 3 aliphatic rings. The molecule has 1 aliphatic heterocycles. The predicted octanol–water partition coefficient (Wildman–Crippen LogP) is 3.87. The van der Waals surface area contributed by atoms with Crippen molar-refractivity contribution in [3.63, 3.8) is 0 Å². The summed E-state index contributed by atoms with van der Waals surface area (Å²) in [5.74, 6) is -0.967. The molecule has 140 valence electrons. The van der Waals surface area contributed by atoms with Crippen LogP contribution < -0.4 is 9.64 Å². The van der Waals surface area contributed by atoms with Gasteiger partial charge in [-0.3, -0.25) is 9.59 Å². The van der Waals surface area contributed by atoms with Crippen LogP contribution in [0.25, 0.3) is 0 Å². The van der Waals surface area contributed by atoms with E-state index < -0.39 is 5.97 Å². The smallest absolute Gasteiger partial charge is 0.343 e. The van der Waals surface area contributed by atoms with Crippen LogP contribution in [-0.4, -0.2) is 17.8 Å². The van der Waals surface area contributed by atoms with Crippen molar-refractivity contribution in [1.29, 1.82) is 0 Å². The van der Waals surface area contributed by atoms with Gasteiger partial charge in [0.25, 0.3) is 0 Å². The van der Waals surface area contributed by atoms with Gasteiger partial charge in [0, 0.05) is 0 Å². The highest BCUT2D eigenvalue weighted by Gasteiger charge is 2.59. The summed E-state index contributed by atoms with van der Waals surface area (Å²) in [4.78, 5) is 39.6. The molecule has 1 saturated carbocycles. The number of nitrogens with zero attached hydrogens (tertiary/aromatic N) is 1. The number of allylic oxidation sites excluding steroid dienone is 2. The van der Waals surface area contributed by atoms with Crippen LogP contribution in [0.3, 0.4) is 0 Å². The molecule has 4 atom stereocenters. The number of anilines is 1. The van der Waals surface area contributed by atoms with Crippen molar-refractivity contribution in [3.05, 3.63) is 71.3 Å². The van der Waals surface area contributed by atoms with Crippen molar-refractivity contribution in [1.82, 2.24) is 0 Å². The third-order valence-corrected chi connectivity index (χ3v) is 6.16. The number of hydrogen-bond donors (Lipinski definition) is 0. The Morgan fingerprint density at radius 2 is 1.64 bits per heavy atom. The molecule has 2 aromatic carbocycles. The molecule has 2 amide bonds. The predicted molar refractivity (Wildman–Crippen MR) is 103 cm³/mol. The topological polar surface area (TPSA) is 63.7 Å². The Morgan fingerprint density at radius 1 is 0.964 bits per heavy atom. The van der Waals surface area contributed by atoms with Gasteiger partial charge in [-0.25, -0.2) is 9.69 Å². The number of benzene rings is 2. The molecule has 6 heteroatoms. The largest absolute Gasteiger partial charge is 0.421 e. The summed E-state index contributed by atoms with van der Waals surface area (Å²) >= 11 is 6.04. The number of hydrogen-bond acceptors (Lipinski definition) is 4. The summed E-state index contributed by atoms with van der Waals surface area (Å²) in [5, 5.41) is 0.327. The third-order valence-electron chi connectivity index (χ3n) is 5.85. The summed E-state index contributed by atoms with van der Waals surface area (Å²) in [6, 6.07) is 13.1. The molecule has 2 aliphatic carbocycles. The average molecular weight is 394 g/mol. The molecule has 0 spiro atoms. The molecule has 0 N–H and O–H groups in total. The fraction of sp³-hybridized carbons (Fsp3) is 0.227. The number of para-hydroxylation sites is 1. The highest BCUT2D eigenvalue weighted by Crippen LogP contribution is 2.53. The third kappa shape index (κ3) is 2.50. The Balaban J connectivity index is 1.42. The summed E-state index contributed by atoms with van der Waals surface area (Å²) in [5.41, 5.74) is 0.647. The second kappa shape index (κ2) is 6.31. The van der Waals surface area contributed by atoms with Crippen LogP contribution in [-0.2, 0) is 9.59 Å². The van der Waals surface area contributed by atoms with Gasteiger partial charge >= 0.3 is 5.97 Å². The first-order valence-corrected chi connectivity index (χ1v) is 9.55. The molecule has 0 aromatic heterocycles. The minimum absolute atomic E-state index is 0.143. The van der Waals surface area contributed by atoms with Crippen LogP contribution in [0.5, 0.6) is 5.75 Å². The molecule has 0 radical (unpaired) electrons. The average Bonchev–Trinajstić information content (AvgIpc) is 3.37. The van der Waals surface area contributed by atoms with Crippen molar-refractivity contribution in [3.8, 4) is 5.75 Å². The number of imide groups is 1. The van der Waals surface area contributed by atoms with E-state index in [2.05, 4.69) is 12.2 Å². The number of carbonyl (C=O) groups excluding carboxylic acids is 3. The van der Waals surface area contributed by atoms with Crippen molar-refractivity contribution in [2.45, 2.75) is 6.42 Å². The molecule has 4 unspecified atom stereocenters. The molecule has 2 fully saturated rings. The molecule has 5 nitrogen and oxygen atoms in total. The van der Waals surface area contributed by atoms with Gasteiger partial charge in [-0.1, -0.05) is 42.0 Å². The second-order valence-corrected chi connectivity index (χ2v) is 7.79. The van der Waals surface area contributed by atoms with E-state index in [1.54, 1.807) is 42.5 Å². The van der Waals surface area contributed by atoms with Crippen LogP contribution in [0.2, 0.25) is 5.02 Å². The SMILES string of the molecule is O=C(Oc1ccccc1Cl)c1cccc(N2C(=O)C3C4C=CC(C4)C3C2=O)c1. The first kappa shape index (κ1) is 17.2. The zero-order valence-corrected chi connectivity index (χ0v) is 15.5. The van der Waals surface area contributed by atoms with Crippen molar-refractivity contribution < 1.29 is 19.1 Å². The van der Waals surface area contributed by atoms with Crippen molar-refractivity contribution in [2.24, 2.45) is 23.7 Å². The summed E-state index contributed by atoms with van der Waals surface area (Å²) in [6.45, 7) is 0. The maximum atomic E-state index is 12.9. The van der Waals surface area contributed by atoms with Gasteiger partial charge in [-0.15, -0.1) is 0 Å². The van der Waals surface area contributed by atoms with Gasteiger partial charge in [-0.2, -0.15) is 0 Å². The van der Waals surface area contributed by atoms with Crippen LogP contribution in [0.1, 0.15) is 16.8 Å². The number of amides is 2. The van der Waals surface area contributed by atoms with Gasteiger partial charge in [0.05, 0.1) is 28.1 Å². The van der Waals surface area contributed by atoms with E-state index >= 15 is 0 Å². The zero-order chi connectivity index (χ0) is 19.4. The Bertz CT molecular complexity index is 1020. The lowest BCUT2D eigenvalue weighted by Crippen LogP contribution is -2.33. The normalized spacial score (nSPS) is 27.4. The number of rotatable bonds is 3. The molecule has 2 bridgehead atoms. The van der Waals surface area contributed by atoms with E-state index in [9.17, 15) is 14.4 Å². The highest BCUT2D eigenvalue weighted by molar-refractivity contribution is 6.32. The van der Waals surface area contributed by atoms with E-state index in [-0.39, 0.29) is 46.8 Å². The lowest BCUT2D eigenvalue weighted by Gasteiger charge is -2.18. The highest BCUT2D eigenvalue weighted by atomic mass is 35.5. The van der Waals surface area contributed by atoms with Gasteiger partial charge in [0.1, 0.15) is 5.75 Å². The molecular formula is C22H16ClNO4. The fourth-order valence-electron chi connectivity index (χ4n) is 4.62. The number of ether oxygens (including phenoxy) is 1. The van der Waals surface area contributed by atoms with E-state index in [1.807, 2.05) is 0 Å². The Kier molecular flexibility index (Phi) is 3.88. The van der Waals surface area contributed by atoms with E-state index in [0.717, 1.165) is 6.42 Å².